The van der Waals surface area contributed by atoms with Gasteiger partial charge in [-0.1, -0.05) is 212 Å². The molecule has 20 aromatic rings. The van der Waals surface area contributed by atoms with Crippen LogP contribution in [0.5, 0.6) is 0 Å². The first kappa shape index (κ1) is 50.9. The van der Waals surface area contributed by atoms with Gasteiger partial charge in [0.1, 0.15) is 0 Å². The quantitative estimate of drug-likeness (QED) is 0.149. The fourth-order valence-corrected chi connectivity index (χ4v) is 16.2. The highest BCUT2D eigenvalue weighted by molar-refractivity contribution is 7.27. The van der Waals surface area contributed by atoms with Crippen LogP contribution in [0.2, 0.25) is 0 Å². The lowest BCUT2D eigenvalue weighted by Crippen LogP contribution is -2.04. The van der Waals surface area contributed by atoms with Crippen LogP contribution in [0.25, 0.3) is 191 Å². The second-order valence-electron chi connectivity index (χ2n) is 24.0. The van der Waals surface area contributed by atoms with Crippen LogP contribution in [-0.4, -0.2) is 33.6 Å². The zero-order chi connectivity index (χ0) is 60.1. The van der Waals surface area contributed by atoms with Crippen LogP contribution in [0.15, 0.2) is 297 Å². The lowest BCUT2D eigenvalue weighted by molar-refractivity contribution is 1.01. The van der Waals surface area contributed by atoms with Crippen molar-refractivity contribution in [3.05, 3.63) is 297 Å². The Morgan fingerprint density at radius 1 is 0.261 bits per heavy atom. The van der Waals surface area contributed by atoms with Gasteiger partial charge in [0, 0.05) is 80.8 Å². The highest BCUT2D eigenvalue weighted by Crippen LogP contribution is 2.49. The van der Waals surface area contributed by atoms with Gasteiger partial charge in [0.05, 0.1) is 60.2 Å². The number of nitrogens with zero attached hydrogens (tertiary/aromatic N) is 7. The Morgan fingerprint density at radius 3 is 1.52 bits per heavy atom. The third kappa shape index (κ3) is 7.50. The molecule has 0 unspecified atom stereocenters. The van der Waals surface area contributed by atoms with Crippen LogP contribution in [0.4, 0.5) is 0 Å². The summed E-state index contributed by atoms with van der Waals surface area (Å²) < 4.78 is 9.41. The summed E-state index contributed by atoms with van der Waals surface area (Å²) in [6.45, 7) is 0. The van der Waals surface area contributed by atoms with Crippen molar-refractivity contribution in [3.63, 3.8) is 0 Å². The van der Waals surface area contributed by atoms with E-state index >= 15 is 0 Å². The van der Waals surface area contributed by atoms with Crippen molar-refractivity contribution in [2.45, 2.75) is 0 Å². The van der Waals surface area contributed by atoms with Gasteiger partial charge in [0.2, 0.25) is 11.9 Å². The number of rotatable bonds is 7. The van der Waals surface area contributed by atoms with Gasteiger partial charge in [0.25, 0.3) is 0 Å². The van der Waals surface area contributed by atoms with Crippen molar-refractivity contribution in [1.29, 1.82) is 0 Å². The highest BCUT2D eigenvalue weighted by Gasteiger charge is 2.26. The predicted molar refractivity (Wildman–Crippen MR) is 385 cm³/mol. The normalized spacial score (nSPS) is 12.1. The van der Waals surface area contributed by atoms with Crippen molar-refractivity contribution in [3.8, 4) is 62.4 Å². The number of thiophene rings is 1. The van der Waals surface area contributed by atoms with Gasteiger partial charge in [-0.15, -0.1) is 11.3 Å². The molecule has 0 amide bonds. The summed E-state index contributed by atoms with van der Waals surface area (Å²) in [4.78, 5) is 22.3. The van der Waals surface area contributed by atoms with Crippen LogP contribution in [0.3, 0.4) is 0 Å². The maximum Gasteiger partial charge on any atom is 0.235 e. The number of fused-ring (bicyclic) bond motifs is 20. The number of hydrogen-bond donors (Lipinski definition) is 0. The van der Waals surface area contributed by atoms with E-state index in [-0.39, 0.29) is 0 Å². The molecule has 0 bridgehead atoms. The van der Waals surface area contributed by atoms with E-state index in [9.17, 15) is 0 Å². The van der Waals surface area contributed by atoms with E-state index in [1.807, 2.05) is 11.3 Å². The fourth-order valence-electron chi connectivity index (χ4n) is 14.9. The van der Waals surface area contributed by atoms with Crippen LogP contribution in [0.1, 0.15) is 0 Å². The molecule has 0 aliphatic carbocycles. The molecule has 20 rings (SSSR count). The van der Waals surface area contributed by atoms with Crippen molar-refractivity contribution < 1.29 is 0 Å². The van der Waals surface area contributed by atoms with E-state index < -0.39 is 0 Å². The van der Waals surface area contributed by atoms with Gasteiger partial charge >= 0.3 is 0 Å². The lowest BCUT2D eigenvalue weighted by Gasteiger charge is -2.14. The monoisotopic (exact) mass is 1190 g/mol. The maximum atomic E-state index is 5.63. The average Bonchev–Trinajstić information content (AvgIpc) is 1.52. The first-order valence-electron chi connectivity index (χ1n) is 31.2. The fraction of sp³-hybridized carbons (Fsp3) is 0. The van der Waals surface area contributed by atoms with Gasteiger partial charge in [-0.05, 0) is 123 Å². The van der Waals surface area contributed by atoms with Gasteiger partial charge < -0.3 is 4.57 Å². The molecular formula is C84H49N7S. The van der Waals surface area contributed by atoms with Crippen molar-refractivity contribution in [2.24, 2.45) is 0 Å². The standard InChI is InChI=1S/C84H49N7S/c1-3-21-51(22-4-1)78-65-43-38-50-20-7-8-27-58(50)80(65)88-84(86-78)91-72-36-17-12-31-63(72)76-68-49-53(39-42-61(68)77-64-32-13-18-37-75(64)92-82(77)81(76)91)52-23-19-24-56(46-52)79-62-30-9-14-33-69(62)85-83(87-79)90-71-35-16-11-29-60(71)67-48-55(41-45-74(67)90)54-40-44-73-66(47-54)59-28-10-15-34-70(59)89(73)57-25-5-2-6-26-57/h1-49H. The number of hydrogen-bond acceptors (Lipinski definition) is 5. The van der Waals surface area contributed by atoms with Crippen LogP contribution < -0.4 is 0 Å². The van der Waals surface area contributed by atoms with E-state index in [1.54, 1.807) is 0 Å². The Morgan fingerprint density at radius 2 is 0.772 bits per heavy atom. The minimum absolute atomic E-state index is 0.620. The van der Waals surface area contributed by atoms with Crippen LogP contribution >= 0.6 is 11.3 Å². The van der Waals surface area contributed by atoms with Gasteiger partial charge in [0.15, 0.2) is 0 Å². The van der Waals surface area contributed by atoms with E-state index in [0.29, 0.717) is 11.9 Å². The average molecular weight is 1190 g/mol. The Bertz CT molecular complexity index is 6510. The SMILES string of the molecule is c1ccc(-c2nc(-n3c4ccccc4c4c5cc(-c6cccc(-c7nc(-n8c9ccccc9c9cc(-c%10ccc%11c(c%10)c%10ccccc%10n%11-c%10ccccc%10)ccc98)nc8ccccc78)c6)ccc5c5c6ccccc6sc5c43)nc3c2ccc2ccccc23)cc1. The summed E-state index contributed by atoms with van der Waals surface area (Å²) in [5.41, 5.74) is 17.9. The Labute approximate surface area is 530 Å². The van der Waals surface area contributed by atoms with E-state index in [2.05, 4.69) is 311 Å². The molecule has 8 heteroatoms. The second kappa shape index (κ2) is 19.7. The topological polar surface area (TPSA) is 66.3 Å². The van der Waals surface area contributed by atoms with Crippen molar-refractivity contribution >= 4 is 140 Å². The molecule has 0 aliphatic rings. The molecule has 0 atom stereocenters. The van der Waals surface area contributed by atoms with Crippen molar-refractivity contribution in [1.82, 2.24) is 33.6 Å². The molecular weight excluding hydrogens is 1140 g/mol. The van der Waals surface area contributed by atoms with Crippen molar-refractivity contribution in [2.75, 3.05) is 0 Å². The Balaban J connectivity index is 0.759. The summed E-state index contributed by atoms with van der Waals surface area (Å²) in [6.07, 6.45) is 0. The van der Waals surface area contributed by atoms with Crippen LogP contribution in [-0.2, 0) is 0 Å². The molecule has 426 valence electrons. The zero-order valence-electron chi connectivity index (χ0n) is 49.3. The molecule has 0 aliphatic heterocycles. The van der Waals surface area contributed by atoms with E-state index in [4.69, 9.17) is 19.9 Å². The minimum atomic E-state index is 0.620. The lowest BCUT2D eigenvalue weighted by atomic mass is 9.94. The van der Waals surface area contributed by atoms with E-state index in [0.717, 1.165) is 121 Å². The molecule has 0 spiro atoms. The third-order valence-corrected chi connectivity index (χ3v) is 20.2. The summed E-state index contributed by atoms with van der Waals surface area (Å²) in [5, 5.41) is 16.1. The zero-order valence-corrected chi connectivity index (χ0v) is 50.1. The molecule has 92 heavy (non-hydrogen) atoms. The van der Waals surface area contributed by atoms with Gasteiger partial charge in [-0.25, -0.2) is 19.9 Å². The third-order valence-electron chi connectivity index (χ3n) is 19.0. The van der Waals surface area contributed by atoms with Gasteiger partial charge in [-0.2, -0.15) is 0 Å². The largest absolute Gasteiger partial charge is 0.309 e. The summed E-state index contributed by atoms with van der Waals surface area (Å²) in [7, 11) is 0. The summed E-state index contributed by atoms with van der Waals surface area (Å²) >= 11 is 1.85. The van der Waals surface area contributed by atoms with Crippen LogP contribution in [0, 0.1) is 0 Å². The first-order chi connectivity index (χ1) is 45.6. The molecule has 0 fully saturated rings. The molecule has 14 aromatic carbocycles. The number of aromatic nitrogens is 7. The molecule has 0 radical (unpaired) electrons. The molecule has 0 saturated carbocycles. The first-order valence-corrected chi connectivity index (χ1v) is 32.0. The smallest absolute Gasteiger partial charge is 0.235 e. The molecule has 0 saturated heterocycles. The highest BCUT2D eigenvalue weighted by atomic mass is 32.1. The second-order valence-corrected chi connectivity index (χ2v) is 25.1. The van der Waals surface area contributed by atoms with Gasteiger partial charge in [-0.3, -0.25) is 9.13 Å². The predicted octanol–water partition coefficient (Wildman–Crippen LogP) is 22.2. The number of benzene rings is 14. The molecule has 0 N–H and O–H groups in total. The minimum Gasteiger partial charge on any atom is -0.309 e. The summed E-state index contributed by atoms with van der Waals surface area (Å²) in [5.74, 6) is 1.26. The molecule has 6 heterocycles. The molecule has 6 aromatic heterocycles. The maximum absolute atomic E-state index is 5.63. The Hall–Kier alpha value is -12.1. The molecule has 7 nitrogen and oxygen atoms in total. The number of para-hydroxylation sites is 5. The summed E-state index contributed by atoms with van der Waals surface area (Å²) in [6, 6.07) is 107. The van der Waals surface area contributed by atoms with E-state index in [1.165, 1.54) is 58.1 Å². The Kier molecular flexibility index (Phi) is 10.9.